The average Bonchev–Trinajstić information content (AvgIpc) is 2.42. The third-order valence-electron chi connectivity index (χ3n) is 2.08. The zero-order valence-corrected chi connectivity index (χ0v) is 9.90. The number of carbonyl (C=O) groups excluding carboxylic acids is 2. The quantitative estimate of drug-likeness (QED) is 0.579. The Kier molecular flexibility index (Phi) is 5.42. The van der Waals surface area contributed by atoms with Gasteiger partial charge < -0.3 is 15.2 Å². The number of carbonyl (C=O) groups is 2. The molecule has 0 bridgehead atoms. The minimum atomic E-state index is -0.506. The molecule has 18 heavy (non-hydrogen) atoms. The fourth-order valence-corrected chi connectivity index (χ4v) is 1.17. The highest BCUT2D eigenvalue weighted by Crippen LogP contribution is 2.03. The Morgan fingerprint density at radius 1 is 1.33 bits per heavy atom. The van der Waals surface area contributed by atoms with Gasteiger partial charge in [-0.2, -0.15) is 0 Å². The number of ether oxygens (including phenoxy) is 1. The van der Waals surface area contributed by atoms with Gasteiger partial charge >= 0.3 is 5.97 Å². The molecule has 1 aromatic rings. The Hall–Kier alpha value is -2.32. The van der Waals surface area contributed by atoms with Crippen LogP contribution in [0.2, 0.25) is 0 Å². The molecule has 0 atom stereocenters. The SMILES string of the molecule is COC(=O)CNC(=O)c1ccc(C#CCO)cc1. The summed E-state index contributed by atoms with van der Waals surface area (Å²) in [6, 6.07) is 6.51. The average molecular weight is 247 g/mol. The fraction of sp³-hybridized carbons (Fsp3) is 0.231. The monoisotopic (exact) mass is 247 g/mol. The van der Waals surface area contributed by atoms with Gasteiger partial charge in [0.2, 0.25) is 0 Å². The van der Waals surface area contributed by atoms with Crippen LogP contribution in [0.5, 0.6) is 0 Å². The zero-order valence-electron chi connectivity index (χ0n) is 9.90. The van der Waals surface area contributed by atoms with Crippen LogP contribution in [0.1, 0.15) is 15.9 Å². The van der Waals surface area contributed by atoms with E-state index in [1.807, 2.05) is 0 Å². The van der Waals surface area contributed by atoms with E-state index in [2.05, 4.69) is 21.9 Å². The largest absolute Gasteiger partial charge is 0.468 e. The molecular weight excluding hydrogens is 234 g/mol. The highest BCUT2D eigenvalue weighted by molar-refractivity contribution is 5.95. The third kappa shape index (κ3) is 4.28. The molecule has 94 valence electrons. The van der Waals surface area contributed by atoms with Gasteiger partial charge in [-0.1, -0.05) is 11.8 Å². The maximum Gasteiger partial charge on any atom is 0.325 e. The Bertz CT molecular complexity index is 482. The van der Waals surface area contributed by atoms with E-state index in [0.717, 1.165) is 0 Å². The van der Waals surface area contributed by atoms with E-state index in [1.54, 1.807) is 24.3 Å². The van der Waals surface area contributed by atoms with Gasteiger partial charge in [0.05, 0.1) is 7.11 Å². The molecule has 0 radical (unpaired) electrons. The first-order valence-corrected chi connectivity index (χ1v) is 5.22. The topological polar surface area (TPSA) is 75.6 Å². The number of aliphatic hydroxyl groups is 1. The molecule has 1 amide bonds. The van der Waals surface area contributed by atoms with E-state index in [-0.39, 0.29) is 19.1 Å². The second-order valence-corrected chi connectivity index (χ2v) is 3.30. The first-order valence-electron chi connectivity index (χ1n) is 5.22. The van der Waals surface area contributed by atoms with Gasteiger partial charge in [-0.05, 0) is 24.3 Å². The van der Waals surface area contributed by atoms with Crippen molar-refractivity contribution < 1.29 is 19.4 Å². The molecule has 0 spiro atoms. The van der Waals surface area contributed by atoms with Crippen molar-refractivity contribution in [3.63, 3.8) is 0 Å². The molecule has 0 aliphatic heterocycles. The predicted molar refractivity (Wildman–Crippen MR) is 64.8 cm³/mol. The Balaban J connectivity index is 2.62. The molecule has 0 heterocycles. The van der Waals surface area contributed by atoms with Crippen molar-refractivity contribution in [2.24, 2.45) is 0 Å². The molecule has 2 N–H and O–H groups in total. The lowest BCUT2D eigenvalue weighted by Gasteiger charge is -2.03. The van der Waals surface area contributed by atoms with Gasteiger partial charge in [0, 0.05) is 11.1 Å². The summed E-state index contributed by atoms with van der Waals surface area (Å²) < 4.78 is 4.40. The van der Waals surface area contributed by atoms with Crippen molar-refractivity contribution in [1.29, 1.82) is 0 Å². The molecule has 0 saturated carbocycles. The van der Waals surface area contributed by atoms with Gasteiger partial charge in [-0.15, -0.1) is 0 Å². The maximum atomic E-state index is 11.6. The summed E-state index contributed by atoms with van der Waals surface area (Å²) in [4.78, 5) is 22.4. The van der Waals surface area contributed by atoms with E-state index in [0.29, 0.717) is 11.1 Å². The molecule has 5 nitrogen and oxygen atoms in total. The minimum Gasteiger partial charge on any atom is -0.468 e. The van der Waals surface area contributed by atoms with Crippen molar-refractivity contribution >= 4 is 11.9 Å². The molecule has 0 aliphatic rings. The number of methoxy groups -OCH3 is 1. The van der Waals surface area contributed by atoms with Crippen molar-refractivity contribution in [2.45, 2.75) is 0 Å². The number of hydrogen-bond donors (Lipinski definition) is 2. The number of aliphatic hydroxyl groups excluding tert-OH is 1. The normalized spacial score (nSPS) is 9.00. The van der Waals surface area contributed by atoms with Crippen LogP contribution in [0.15, 0.2) is 24.3 Å². The molecule has 0 saturated heterocycles. The number of rotatable bonds is 3. The number of benzene rings is 1. The number of nitrogens with one attached hydrogen (secondary N) is 1. The summed E-state index contributed by atoms with van der Waals surface area (Å²) in [7, 11) is 1.25. The van der Waals surface area contributed by atoms with Crippen molar-refractivity contribution in [2.75, 3.05) is 20.3 Å². The summed E-state index contributed by atoms with van der Waals surface area (Å²) in [6.45, 7) is -0.372. The summed E-state index contributed by atoms with van der Waals surface area (Å²) in [6.07, 6.45) is 0. The van der Waals surface area contributed by atoms with Crippen LogP contribution in [0.4, 0.5) is 0 Å². The number of amides is 1. The predicted octanol–water partition coefficient (Wildman–Crippen LogP) is -0.0668. The lowest BCUT2D eigenvalue weighted by atomic mass is 10.1. The van der Waals surface area contributed by atoms with Crippen LogP contribution in [0.25, 0.3) is 0 Å². The standard InChI is InChI=1S/C13H13NO4/c1-18-12(16)9-14-13(17)11-6-4-10(5-7-11)3-2-8-15/h4-7,15H,8-9H2,1H3,(H,14,17). The van der Waals surface area contributed by atoms with Crippen LogP contribution >= 0.6 is 0 Å². The fourth-order valence-electron chi connectivity index (χ4n) is 1.17. The van der Waals surface area contributed by atoms with Gasteiger partial charge in [-0.25, -0.2) is 0 Å². The molecule has 5 heteroatoms. The maximum absolute atomic E-state index is 11.6. The lowest BCUT2D eigenvalue weighted by Crippen LogP contribution is -2.30. The smallest absolute Gasteiger partial charge is 0.325 e. The number of esters is 1. The molecule has 0 fully saturated rings. The van der Waals surface area contributed by atoms with Gasteiger partial charge in [0.1, 0.15) is 13.2 Å². The van der Waals surface area contributed by atoms with Gasteiger partial charge in [0.15, 0.2) is 0 Å². The Morgan fingerprint density at radius 3 is 2.56 bits per heavy atom. The molecule has 1 rings (SSSR count). The Morgan fingerprint density at radius 2 is 2.00 bits per heavy atom. The summed E-state index contributed by atoms with van der Waals surface area (Å²) in [5.41, 5.74) is 1.13. The molecule has 0 unspecified atom stereocenters. The zero-order chi connectivity index (χ0) is 13.4. The first-order chi connectivity index (χ1) is 8.67. The molecule has 1 aromatic carbocycles. The third-order valence-corrected chi connectivity index (χ3v) is 2.08. The van der Waals surface area contributed by atoms with E-state index in [1.165, 1.54) is 7.11 Å². The van der Waals surface area contributed by atoms with Crippen molar-refractivity contribution in [3.8, 4) is 11.8 Å². The molecule has 0 aliphatic carbocycles. The van der Waals surface area contributed by atoms with E-state index >= 15 is 0 Å². The van der Waals surface area contributed by atoms with Crippen LogP contribution in [0.3, 0.4) is 0 Å². The van der Waals surface area contributed by atoms with E-state index in [4.69, 9.17) is 5.11 Å². The Labute approximate surface area is 105 Å². The van der Waals surface area contributed by atoms with E-state index in [9.17, 15) is 9.59 Å². The van der Waals surface area contributed by atoms with Gasteiger partial charge in [0.25, 0.3) is 5.91 Å². The highest BCUT2D eigenvalue weighted by Gasteiger charge is 2.07. The molecular formula is C13H13NO4. The summed E-state index contributed by atoms with van der Waals surface area (Å²) >= 11 is 0. The summed E-state index contributed by atoms with van der Waals surface area (Å²) in [5, 5.41) is 11.0. The van der Waals surface area contributed by atoms with E-state index < -0.39 is 5.97 Å². The second kappa shape index (κ2) is 7.09. The first kappa shape index (κ1) is 13.7. The number of hydrogen-bond acceptors (Lipinski definition) is 4. The second-order valence-electron chi connectivity index (χ2n) is 3.30. The summed E-state index contributed by atoms with van der Waals surface area (Å²) in [5.74, 6) is 4.35. The highest BCUT2D eigenvalue weighted by atomic mass is 16.5. The van der Waals surface area contributed by atoms with Crippen LogP contribution in [-0.2, 0) is 9.53 Å². The van der Waals surface area contributed by atoms with Crippen LogP contribution < -0.4 is 5.32 Å². The van der Waals surface area contributed by atoms with Crippen LogP contribution in [-0.4, -0.2) is 37.2 Å². The van der Waals surface area contributed by atoms with Crippen molar-refractivity contribution in [1.82, 2.24) is 5.32 Å². The minimum absolute atomic E-state index is 0.165. The van der Waals surface area contributed by atoms with Crippen LogP contribution in [0, 0.1) is 11.8 Å². The van der Waals surface area contributed by atoms with Gasteiger partial charge in [-0.3, -0.25) is 9.59 Å². The lowest BCUT2D eigenvalue weighted by molar-refractivity contribution is -0.139. The molecule has 0 aromatic heterocycles. The van der Waals surface area contributed by atoms with Crippen molar-refractivity contribution in [3.05, 3.63) is 35.4 Å².